The van der Waals surface area contributed by atoms with Gasteiger partial charge in [-0.2, -0.15) is 0 Å². The predicted octanol–water partition coefficient (Wildman–Crippen LogP) is 3.97. The molecule has 0 nitrogen and oxygen atoms in total. The summed E-state index contributed by atoms with van der Waals surface area (Å²) in [4.78, 5) is 7.30. The summed E-state index contributed by atoms with van der Waals surface area (Å²) in [6.45, 7) is 2.22. The molecule has 0 spiro atoms. The molecule has 0 fully saturated rings. The second-order valence-electron chi connectivity index (χ2n) is 4.56. The minimum absolute atomic E-state index is 1.37. The molecule has 0 unspecified atom stereocenters. The Balaban J connectivity index is 2.92. The van der Waals surface area contributed by atoms with Crippen LogP contribution in [0.25, 0.3) is 5.57 Å². The summed E-state index contributed by atoms with van der Waals surface area (Å²) in [5, 5.41) is 0. The van der Waals surface area contributed by atoms with Crippen molar-refractivity contribution in [3.05, 3.63) is 40.0 Å². The van der Waals surface area contributed by atoms with Gasteiger partial charge in [-0.15, -0.1) is 0 Å². The molecule has 13 heavy (non-hydrogen) atoms. The minimum atomic E-state index is -1.75. The van der Waals surface area contributed by atoms with Gasteiger partial charge in [0.2, 0.25) is 0 Å². The van der Waals surface area contributed by atoms with Gasteiger partial charge in [-0.25, -0.2) is 0 Å². The summed E-state index contributed by atoms with van der Waals surface area (Å²) in [6.07, 6.45) is 0. The van der Waals surface area contributed by atoms with E-state index in [1.807, 2.05) is 0 Å². The average molecular weight is 281 g/mol. The van der Waals surface area contributed by atoms with Gasteiger partial charge in [0.25, 0.3) is 0 Å². The topological polar surface area (TPSA) is 0 Å². The SMILES string of the molecule is C/C(=[CH]\[Sn]([CH3])([CH3])[CH3])c1ccccc1. The van der Waals surface area contributed by atoms with Gasteiger partial charge in [0.15, 0.2) is 0 Å². The van der Waals surface area contributed by atoms with E-state index in [4.69, 9.17) is 0 Å². The number of benzene rings is 1. The van der Waals surface area contributed by atoms with Gasteiger partial charge in [-0.1, -0.05) is 0 Å². The van der Waals surface area contributed by atoms with Crippen molar-refractivity contribution in [1.82, 2.24) is 0 Å². The van der Waals surface area contributed by atoms with Gasteiger partial charge in [0.1, 0.15) is 0 Å². The summed E-state index contributed by atoms with van der Waals surface area (Å²) < 4.78 is 2.52. The molecule has 0 radical (unpaired) electrons. The predicted molar refractivity (Wildman–Crippen MR) is 63.4 cm³/mol. The van der Waals surface area contributed by atoms with Crippen molar-refractivity contribution < 1.29 is 0 Å². The fraction of sp³-hybridized carbons (Fsp3) is 0.333. The normalized spacial score (nSPS) is 13.1. The fourth-order valence-electron chi connectivity index (χ4n) is 1.43. The second kappa shape index (κ2) is 4.32. The monoisotopic (exact) mass is 282 g/mol. The van der Waals surface area contributed by atoms with Crippen molar-refractivity contribution in [2.75, 3.05) is 0 Å². The molecule has 1 aromatic rings. The Labute approximate surface area is 85.5 Å². The van der Waals surface area contributed by atoms with E-state index in [0.717, 1.165) is 0 Å². The molecule has 0 saturated heterocycles. The van der Waals surface area contributed by atoms with E-state index < -0.39 is 18.4 Å². The van der Waals surface area contributed by atoms with Crippen molar-refractivity contribution in [2.24, 2.45) is 0 Å². The summed E-state index contributed by atoms with van der Waals surface area (Å²) in [5.74, 6) is 0. The fourth-order valence-corrected chi connectivity index (χ4v) is 5.62. The first kappa shape index (κ1) is 10.8. The van der Waals surface area contributed by atoms with Crippen LogP contribution in [0.1, 0.15) is 12.5 Å². The van der Waals surface area contributed by atoms with Crippen molar-refractivity contribution in [3.8, 4) is 0 Å². The van der Waals surface area contributed by atoms with E-state index >= 15 is 0 Å². The third-order valence-electron chi connectivity index (χ3n) is 1.88. The van der Waals surface area contributed by atoms with Crippen molar-refractivity contribution in [1.29, 1.82) is 0 Å². The zero-order chi connectivity index (χ0) is 9.90. The molecule has 1 aromatic carbocycles. The zero-order valence-electron chi connectivity index (χ0n) is 8.96. The molecule has 0 saturated carbocycles. The van der Waals surface area contributed by atoms with Gasteiger partial charge in [-0.05, 0) is 0 Å². The Bertz CT molecular complexity index is 291. The molecule has 0 bridgehead atoms. The maximum atomic E-state index is 2.52. The first-order valence-corrected chi connectivity index (χ1v) is 14.9. The molecular weight excluding hydrogens is 263 g/mol. The number of hydrogen-bond acceptors (Lipinski definition) is 0. The maximum absolute atomic E-state index is 2.52. The van der Waals surface area contributed by atoms with Crippen LogP contribution in [-0.4, -0.2) is 18.4 Å². The molecule has 0 aliphatic heterocycles. The third-order valence-corrected chi connectivity index (χ3v) is 5.59. The van der Waals surface area contributed by atoms with E-state index in [1.54, 1.807) is 0 Å². The first-order chi connectivity index (χ1) is 5.99. The van der Waals surface area contributed by atoms with Crippen LogP contribution in [0.4, 0.5) is 0 Å². The Kier molecular flexibility index (Phi) is 3.60. The van der Waals surface area contributed by atoms with E-state index in [2.05, 4.69) is 56.2 Å². The number of rotatable bonds is 2. The van der Waals surface area contributed by atoms with Gasteiger partial charge < -0.3 is 0 Å². The number of allylic oxidation sites excluding steroid dienone is 1. The molecule has 0 amide bonds. The van der Waals surface area contributed by atoms with Crippen molar-refractivity contribution in [3.63, 3.8) is 0 Å². The zero-order valence-corrected chi connectivity index (χ0v) is 11.8. The molecule has 0 atom stereocenters. The molecule has 1 heteroatoms. The molecule has 0 aliphatic rings. The van der Waals surface area contributed by atoms with Crippen LogP contribution in [-0.2, 0) is 0 Å². The van der Waals surface area contributed by atoms with Gasteiger partial charge >= 0.3 is 85.7 Å². The third kappa shape index (κ3) is 3.99. The molecule has 0 aromatic heterocycles. The van der Waals surface area contributed by atoms with E-state index in [-0.39, 0.29) is 0 Å². The van der Waals surface area contributed by atoms with Crippen LogP contribution >= 0.6 is 0 Å². The van der Waals surface area contributed by atoms with Crippen LogP contribution < -0.4 is 0 Å². The van der Waals surface area contributed by atoms with Crippen LogP contribution in [0.2, 0.25) is 14.8 Å². The van der Waals surface area contributed by atoms with Gasteiger partial charge in [0.05, 0.1) is 0 Å². The molecule has 70 valence electrons. The molecule has 1 rings (SSSR count). The van der Waals surface area contributed by atoms with Crippen molar-refractivity contribution >= 4 is 24.0 Å². The molecule has 0 heterocycles. The molecule has 0 N–H and O–H groups in total. The summed E-state index contributed by atoms with van der Waals surface area (Å²) in [5.41, 5.74) is 2.82. The van der Waals surface area contributed by atoms with Crippen molar-refractivity contribution in [2.45, 2.75) is 21.7 Å². The Morgan fingerprint density at radius 1 is 1.08 bits per heavy atom. The van der Waals surface area contributed by atoms with Crippen LogP contribution in [0, 0.1) is 0 Å². The summed E-state index contributed by atoms with van der Waals surface area (Å²) in [6, 6.07) is 10.6. The quantitative estimate of drug-likeness (QED) is 0.719. The number of hydrogen-bond donors (Lipinski definition) is 0. The van der Waals surface area contributed by atoms with Gasteiger partial charge in [0, 0.05) is 0 Å². The summed E-state index contributed by atoms with van der Waals surface area (Å²) >= 11 is -1.75. The van der Waals surface area contributed by atoms with Gasteiger partial charge in [-0.3, -0.25) is 0 Å². The molecular formula is C12H18Sn. The van der Waals surface area contributed by atoms with Crippen LogP contribution in [0.15, 0.2) is 34.4 Å². The van der Waals surface area contributed by atoms with E-state index in [9.17, 15) is 0 Å². The standard InChI is InChI=1S/C9H9.3CH3.Sn/c1-8(2)9-6-4-3-5-7-9;;;;/h1,3-7H,2H3;3*1H3;. The van der Waals surface area contributed by atoms with Crippen LogP contribution in [0.3, 0.4) is 0 Å². The average Bonchev–Trinajstić information content (AvgIpc) is 2.03. The van der Waals surface area contributed by atoms with Crippen LogP contribution in [0.5, 0.6) is 0 Å². The Morgan fingerprint density at radius 3 is 2.08 bits per heavy atom. The Morgan fingerprint density at radius 2 is 1.62 bits per heavy atom. The molecule has 0 aliphatic carbocycles. The second-order valence-corrected chi connectivity index (χ2v) is 18.9. The first-order valence-electron chi connectivity index (χ1n) is 4.74. The van der Waals surface area contributed by atoms with E-state index in [1.165, 1.54) is 11.1 Å². The van der Waals surface area contributed by atoms with E-state index in [0.29, 0.717) is 0 Å². The Hall–Kier alpha value is -0.241. The summed E-state index contributed by atoms with van der Waals surface area (Å²) in [7, 11) is 0.